The Bertz CT molecular complexity index is 571. The standard InChI is InChI=1S/C18H21NO2/c1-3-14-9-8-10-15(4-2)18(14)19-17(20)13-21-16-11-6-5-7-12-16/h5-12H,3-4,13H2,1-2H3,(H,19,20). The van der Waals surface area contributed by atoms with E-state index in [1.54, 1.807) is 0 Å². The fourth-order valence-electron chi connectivity index (χ4n) is 2.24. The van der Waals surface area contributed by atoms with Crippen LogP contribution in [0.25, 0.3) is 0 Å². The first-order valence-electron chi connectivity index (χ1n) is 7.33. The number of hydrogen-bond donors (Lipinski definition) is 1. The Hall–Kier alpha value is -2.29. The Morgan fingerprint density at radius 1 is 0.952 bits per heavy atom. The summed E-state index contributed by atoms with van der Waals surface area (Å²) in [4.78, 5) is 12.1. The van der Waals surface area contributed by atoms with Gasteiger partial charge in [-0.2, -0.15) is 0 Å². The monoisotopic (exact) mass is 283 g/mol. The first kappa shape index (κ1) is 15.1. The minimum absolute atomic E-state index is 0.0191. The normalized spacial score (nSPS) is 10.2. The second-order valence-corrected chi connectivity index (χ2v) is 4.81. The van der Waals surface area contributed by atoms with Crippen molar-refractivity contribution in [2.24, 2.45) is 0 Å². The first-order valence-corrected chi connectivity index (χ1v) is 7.33. The summed E-state index contributed by atoms with van der Waals surface area (Å²) >= 11 is 0. The van der Waals surface area contributed by atoms with E-state index in [0.717, 1.165) is 29.7 Å². The summed E-state index contributed by atoms with van der Waals surface area (Å²) in [5.74, 6) is 0.571. The predicted octanol–water partition coefficient (Wildman–Crippen LogP) is 3.83. The van der Waals surface area contributed by atoms with Gasteiger partial charge < -0.3 is 10.1 Å². The number of nitrogens with one attached hydrogen (secondary N) is 1. The molecule has 0 spiro atoms. The lowest BCUT2D eigenvalue weighted by molar-refractivity contribution is -0.118. The van der Waals surface area contributed by atoms with Crippen molar-refractivity contribution in [3.8, 4) is 5.75 Å². The summed E-state index contributed by atoms with van der Waals surface area (Å²) in [7, 11) is 0. The van der Waals surface area contributed by atoms with Crippen molar-refractivity contribution in [1.82, 2.24) is 0 Å². The molecule has 2 aromatic carbocycles. The number of carbonyl (C=O) groups is 1. The summed E-state index contributed by atoms with van der Waals surface area (Å²) in [6.07, 6.45) is 1.78. The van der Waals surface area contributed by atoms with Crippen LogP contribution >= 0.6 is 0 Å². The van der Waals surface area contributed by atoms with Crippen LogP contribution < -0.4 is 10.1 Å². The Balaban J connectivity index is 2.02. The highest BCUT2D eigenvalue weighted by Crippen LogP contribution is 2.22. The zero-order valence-corrected chi connectivity index (χ0v) is 12.6. The van der Waals surface area contributed by atoms with Crippen molar-refractivity contribution in [1.29, 1.82) is 0 Å². The molecule has 2 aromatic rings. The van der Waals surface area contributed by atoms with Crippen LogP contribution in [0, 0.1) is 0 Å². The van der Waals surface area contributed by atoms with Gasteiger partial charge in [0, 0.05) is 5.69 Å². The molecule has 0 unspecified atom stereocenters. The van der Waals surface area contributed by atoms with E-state index in [1.807, 2.05) is 48.5 Å². The number of rotatable bonds is 6. The molecule has 0 heterocycles. The second-order valence-electron chi connectivity index (χ2n) is 4.81. The maximum Gasteiger partial charge on any atom is 0.262 e. The molecule has 110 valence electrons. The molecule has 0 aromatic heterocycles. The smallest absolute Gasteiger partial charge is 0.262 e. The zero-order valence-electron chi connectivity index (χ0n) is 12.6. The van der Waals surface area contributed by atoms with Crippen LogP contribution in [0.15, 0.2) is 48.5 Å². The third kappa shape index (κ3) is 4.09. The van der Waals surface area contributed by atoms with E-state index in [4.69, 9.17) is 4.74 Å². The number of aryl methyl sites for hydroxylation is 2. The molecule has 0 saturated carbocycles. The van der Waals surface area contributed by atoms with Gasteiger partial charge in [0.25, 0.3) is 5.91 Å². The van der Waals surface area contributed by atoms with Gasteiger partial charge in [-0.1, -0.05) is 50.2 Å². The molecule has 0 aliphatic heterocycles. The average molecular weight is 283 g/mol. The molecule has 0 aliphatic rings. The minimum Gasteiger partial charge on any atom is -0.484 e. The SMILES string of the molecule is CCc1cccc(CC)c1NC(=O)COc1ccccc1. The molecule has 0 atom stereocenters. The molecule has 0 fully saturated rings. The number of para-hydroxylation sites is 2. The largest absolute Gasteiger partial charge is 0.484 e. The van der Waals surface area contributed by atoms with Crippen molar-refractivity contribution in [3.05, 3.63) is 59.7 Å². The van der Waals surface area contributed by atoms with Crippen LogP contribution in [0.2, 0.25) is 0 Å². The van der Waals surface area contributed by atoms with Gasteiger partial charge in [0.15, 0.2) is 6.61 Å². The van der Waals surface area contributed by atoms with E-state index in [1.165, 1.54) is 0 Å². The summed E-state index contributed by atoms with van der Waals surface area (Å²) in [5, 5.41) is 2.99. The number of carbonyl (C=O) groups excluding carboxylic acids is 1. The number of anilines is 1. The lowest BCUT2D eigenvalue weighted by Gasteiger charge is -2.14. The van der Waals surface area contributed by atoms with Gasteiger partial charge in [-0.3, -0.25) is 4.79 Å². The average Bonchev–Trinajstić information content (AvgIpc) is 2.54. The highest BCUT2D eigenvalue weighted by molar-refractivity contribution is 5.93. The molecule has 1 N–H and O–H groups in total. The maximum atomic E-state index is 12.1. The van der Waals surface area contributed by atoms with Gasteiger partial charge in [0.05, 0.1) is 0 Å². The minimum atomic E-state index is -0.130. The fourth-order valence-corrected chi connectivity index (χ4v) is 2.24. The van der Waals surface area contributed by atoms with Gasteiger partial charge >= 0.3 is 0 Å². The zero-order chi connectivity index (χ0) is 15.1. The summed E-state index contributed by atoms with van der Waals surface area (Å²) < 4.78 is 5.47. The quantitative estimate of drug-likeness (QED) is 0.875. The molecule has 3 nitrogen and oxygen atoms in total. The number of amides is 1. The first-order chi connectivity index (χ1) is 10.2. The Morgan fingerprint density at radius 3 is 2.14 bits per heavy atom. The fraction of sp³-hybridized carbons (Fsp3) is 0.278. The van der Waals surface area contributed by atoms with E-state index < -0.39 is 0 Å². The van der Waals surface area contributed by atoms with Crippen molar-refractivity contribution >= 4 is 11.6 Å². The van der Waals surface area contributed by atoms with Crippen molar-refractivity contribution in [3.63, 3.8) is 0 Å². The molecule has 3 heteroatoms. The van der Waals surface area contributed by atoms with Gasteiger partial charge in [0.1, 0.15) is 5.75 Å². The van der Waals surface area contributed by atoms with Crippen LogP contribution in [-0.2, 0) is 17.6 Å². The van der Waals surface area contributed by atoms with Crippen LogP contribution in [0.1, 0.15) is 25.0 Å². The molecule has 1 amide bonds. The maximum absolute atomic E-state index is 12.1. The van der Waals surface area contributed by atoms with E-state index in [9.17, 15) is 4.79 Å². The van der Waals surface area contributed by atoms with Gasteiger partial charge in [-0.25, -0.2) is 0 Å². The van der Waals surface area contributed by atoms with Crippen molar-refractivity contribution in [2.45, 2.75) is 26.7 Å². The van der Waals surface area contributed by atoms with Gasteiger partial charge in [-0.15, -0.1) is 0 Å². The highest BCUT2D eigenvalue weighted by atomic mass is 16.5. The summed E-state index contributed by atoms with van der Waals surface area (Å²) in [6.45, 7) is 4.20. The Kier molecular flexibility index (Phi) is 5.38. The number of benzene rings is 2. The molecule has 0 radical (unpaired) electrons. The Labute approximate surface area is 126 Å². The molecular weight excluding hydrogens is 262 g/mol. The van der Waals surface area contributed by atoms with Crippen LogP contribution in [0.3, 0.4) is 0 Å². The topological polar surface area (TPSA) is 38.3 Å². The molecule has 2 rings (SSSR count). The summed E-state index contributed by atoms with van der Waals surface area (Å²) in [5.41, 5.74) is 3.24. The third-order valence-corrected chi connectivity index (χ3v) is 3.38. The van der Waals surface area contributed by atoms with E-state index in [0.29, 0.717) is 5.75 Å². The Morgan fingerprint density at radius 2 is 1.57 bits per heavy atom. The highest BCUT2D eigenvalue weighted by Gasteiger charge is 2.10. The van der Waals surface area contributed by atoms with Crippen LogP contribution in [0.5, 0.6) is 5.75 Å². The van der Waals surface area contributed by atoms with Crippen molar-refractivity contribution < 1.29 is 9.53 Å². The third-order valence-electron chi connectivity index (χ3n) is 3.38. The lowest BCUT2D eigenvalue weighted by Crippen LogP contribution is -2.21. The predicted molar refractivity (Wildman–Crippen MR) is 85.8 cm³/mol. The molecule has 0 bridgehead atoms. The number of ether oxygens (including phenoxy) is 1. The molecule has 21 heavy (non-hydrogen) atoms. The second kappa shape index (κ2) is 7.48. The van der Waals surface area contributed by atoms with E-state index in [-0.39, 0.29) is 12.5 Å². The van der Waals surface area contributed by atoms with Gasteiger partial charge in [0.2, 0.25) is 0 Å². The number of hydrogen-bond acceptors (Lipinski definition) is 2. The van der Waals surface area contributed by atoms with E-state index >= 15 is 0 Å². The van der Waals surface area contributed by atoms with E-state index in [2.05, 4.69) is 19.2 Å². The summed E-state index contributed by atoms with van der Waals surface area (Å²) in [6, 6.07) is 15.5. The molecular formula is C18H21NO2. The van der Waals surface area contributed by atoms with Crippen molar-refractivity contribution in [2.75, 3.05) is 11.9 Å². The van der Waals surface area contributed by atoms with Gasteiger partial charge in [-0.05, 0) is 36.1 Å². The molecule has 0 saturated heterocycles. The lowest BCUT2D eigenvalue weighted by atomic mass is 10.0. The van der Waals surface area contributed by atoms with Crippen LogP contribution in [-0.4, -0.2) is 12.5 Å². The van der Waals surface area contributed by atoms with Crippen LogP contribution in [0.4, 0.5) is 5.69 Å². The molecule has 0 aliphatic carbocycles.